The van der Waals surface area contributed by atoms with Crippen molar-refractivity contribution in [2.24, 2.45) is 0 Å². The first-order valence-corrected chi connectivity index (χ1v) is 9.14. The number of amides is 1. The standard InChI is InChI=1S/C23H20N2O4/c1-28-20-10-6-5-9-19(20)25-21(15-11-13-16(14-12-15)23(27)29-2)24-18-8-4-3-7-17(18)22(25)26/h3-14,21,24H,1-2H3/t21-/m1/s1. The summed E-state index contributed by atoms with van der Waals surface area (Å²) >= 11 is 0. The summed E-state index contributed by atoms with van der Waals surface area (Å²) in [5.41, 5.74) is 3.27. The molecule has 0 aromatic heterocycles. The van der Waals surface area contributed by atoms with E-state index in [-0.39, 0.29) is 5.91 Å². The van der Waals surface area contributed by atoms with Crippen LogP contribution in [-0.4, -0.2) is 26.1 Å². The zero-order valence-electron chi connectivity index (χ0n) is 16.1. The SMILES string of the molecule is COC(=O)c1ccc([C@@H]2Nc3ccccc3C(=O)N2c2ccccc2OC)cc1. The lowest BCUT2D eigenvalue weighted by Crippen LogP contribution is -2.43. The van der Waals surface area contributed by atoms with Crippen molar-refractivity contribution in [2.45, 2.75) is 6.17 Å². The highest BCUT2D eigenvalue weighted by Gasteiger charge is 2.35. The molecule has 1 aliphatic rings. The number of rotatable bonds is 4. The van der Waals surface area contributed by atoms with Crippen LogP contribution in [0.25, 0.3) is 0 Å². The van der Waals surface area contributed by atoms with Crippen LogP contribution in [0.5, 0.6) is 5.75 Å². The molecule has 1 N–H and O–H groups in total. The zero-order valence-corrected chi connectivity index (χ0v) is 16.1. The Labute approximate surface area is 168 Å². The molecule has 0 bridgehead atoms. The first-order valence-electron chi connectivity index (χ1n) is 9.14. The predicted octanol–water partition coefficient (Wildman–Crippen LogP) is 4.25. The van der Waals surface area contributed by atoms with Gasteiger partial charge in [0.25, 0.3) is 5.91 Å². The molecule has 1 amide bonds. The van der Waals surface area contributed by atoms with Crippen molar-refractivity contribution in [3.63, 3.8) is 0 Å². The first kappa shape index (κ1) is 18.6. The number of hydrogen-bond donors (Lipinski definition) is 1. The number of ether oxygens (including phenoxy) is 2. The van der Waals surface area contributed by atoms with Gasteiger partial charge in [-0.3, -0.25) is 9.69 Å². The molecule has 3 aromatic rings. The molecule has 4 rings (SSSR count). The van der Waals surface area contributed by atoms with Gasteiger partial charge in [-0.2, -0.15) is 0 Å². The molecule has 0 saturated carbocycles. The van der Waals surface area contributed by atoms with Crippen molar-refractivity contribution in [1.29, 1.82) is 0 Å². The fourth-order valence-electron chi connectivity index (χ4n) is 3.48. The molecule has 0 aliphatic carbocycles. The van der Waals surface area contributed by atoms with Crippen LogP contribution < -0.4 is 15.0 Å². The molecule has 29 heavy (non-hydrogen) atoms. The summed E-state index contributed by atoms with van der Waals surface area (Å²) in [6.45, 7) is 0. The third kappa shape index (κ3) is 3.29. The molecule has 0 spiro atoms. The van der Waals surface area contributed by atoms with Gasteiger partial charge < -0.3 is 14.8 Å². The number of anilines is 2. The van der Waals surface area contributed by atoms with E-state index in [4.69, 9.17) is 9.47 Å². The highest BCUT2D eigenvalue weighted by molar-refractivity contribution is 6.12. The van der Waals surface area contributed by atoms with Crippen LogP contribution in [-0.2, 0) is 4.74 Å². The molecule has 1 atom stereocenters. The lowest BCUT2D eigenvalue weighted by atomic mass is 10.0. The van der Waals surface area contributed by atoms with Gasteiger partial charge in [-0.1, -0.05) is 36.4 Å². The van der Waals surface area contributed by atoms with Gasteiger partial charge in [-0.25, -0.2) is 4.79 Å². The van der Waals surface area contributed by atoms with Crippen LogP contribution in [0.4, 0.5) is 11.4 Å². The molecule has 0 saturated heterocycles. The minimum Gasteiger partial charge on any atom is -0.495 e. The minimum atomic E-state index is -0.472. The molecule has 1 aliphatic heterocycles. The second-order valence-electron chi connectivity index (χ2n) is 6.55. The fourth-order valence-corrected chi connectivity index (χ4v) is 3.48. The fraction of sp³-hybridized carbons (Fsp3) is 0.130. The number of hydrogen-bond acceptors (Lipinski definition) is 5. The van der Waals surface area contributed by atoms with Crippen LogP contribution in [0.1, 0.15) is 32.4 Å². The summed E-state index contributed by atoms with van der Waals surface area (Å²) in [4.78, 5) is 26.9. The number of carbonyl (C=O) groups is 2. The molecular weight excluding hydrogens is 368 g/mol. The maximum atomic E-state index is 13.4. The van der Waals surface area contributed by atoms with Crippen LogP contribution in [0.3, 0.4) is 0 Å². The van der Waals surface area contributed by atoms with E-state index in [1.54, 1.807) is 30.2 Å². The Morgan fingerprint density at radius 2 is 1.62 bits per heavy atom. The number of benzene rings is 3. The molecule has 6 nitrogen and oxygen atoms in total. The number of para-hydroxylation sites is 3. The van der Waals surface area contributed by atoms with Crippen molar-refractivity contribution in [1.82, 2.24) is 0 Å². The van der Waals surface area contributed by atoms with Gasteiger partial charge in [0, 0.05) is 5.69 Å². The highest BCUT2D eigenvalue weighted by atomic mass is 16.5. The van der Waals surface area contributed by atoms with Crippen LogP contribution in [0.2, 0.25) is 0 Å². The van der Waals surface area contributed by atoms with E-state index < -0.39 is 12.1 Å². The summed E-state index contributed by atoms with van der Waals surface area (Å²) in [5.74, 6) is 0.0558. The third-order valence-electron chi connectivity index (χ3n) is 4.92. The van der Waals surface area contributed by atoms with E-state index in [1.807, 2.05) is 54.6 Å². The number of methoxy groups -OCH3 is 2. The largest absolute Gasteiger partial charge is 0.495 e. The number of fused-ring (bicyclic) bond motifs is 1. The summed E-state index contributed by atoms with van der Waals surface area (Å²) in [6.07, 6.45) is -0.472. The van der Waals surface area contributed by atoms with Crippen molar-refractivity contribution in [3.05, 3.63) is 89.5 Å². The molecule has 0 fully saturated rings. The van der Waals surface area contributed by atoms with Crippen molar-refractivity contribution >= 4 is 23.3 Å². The third-order valence-corrected chi connectivity index (χ3v) is 4.92. The summed E-state index contributed by atoms with van der Waals surface area (Å²) < 4.78 is 10.3. The molecule has 146 valence electrons. The number of nitrogens with one attached hydrogen (secondary N) is 1. The number of nitrogens with zero attached hydrogens (tertiary/aromatic N) is 1. The summed E-state index contributed by atoms with van der Waals surface area (Å²) in [7, 11) is 2.92. The molecule has 0 unspecified atom stereocenters. The zero-order chi connectivity index (χ0) is 20.4. The van der Waals surface area contributed by atoms with Gasteiger partial charge in [-0.05, 0) is 42.0 Å². The van der Waals surface area contributed by atoms with E-state index in [0.717, 1.165) is 11.3 Å². The molecule has 6 heteroatoms. The quantitative estimate of drug-likeness (QED) is 0.677. The van der Waals surface area contributed by atoms with Gasteiger partial charge >= 0.3 is 5.97 Å². The van der Waals surface area contributed by atoms with Crippen LogP contribution >= 0.6 is 0 Å². The van der Waals surface area contributed by atoms with E-state index >= 15 is 0 Å². The Morgan fingerprint density at radius 1 is 0.931 bits per heavy atom. The van der Waals surface area contributed by atoms with E-state index in [9.17, 15) is 9.59 Å². The molecular formula is C23H20N2O4. The van der Waals surface area contributed by atoms with Crippen molar-refractivity contribution < 1.29 is 19.1 Å². The lowest BCUT2D eigenvalue weighted by Gasteiger charge is -2.38. The lowest BCUT2D eigenvalue weighted by molar-refractivity contribution is 0.0600. The first-order chi connectivity index (χ1) is 14.1. The number of esters is 1. The van der Waals surface area contributed by atoms with Gasteiger partial charge in [0.1, 0.15) is 11.9 Å². The monoisotopic (exact) mass is 388 g/mol. The Balaban J connectivity index is 1.83. The van der Waals surface area contributed by atoms with Gasteiger partial charge in [0.2, 0.25) is 0 Å². The average Bonchev–Trinajstić information content (AvgIpc) is 2.78. The van der Waals surface area contributed by atoms with Crippen molar-refractivity contribution in [2.75, 3.05) is 24.4 Å². The van der Waals surface area contributed by atoms with E-state index in [0.29, 0.717) is 22.6 Å². The Hall–Kier alpha value is -3.80. The van der Waals surface area contributed by atoms with Gasteiger partial charge in [-0.15, -0.1) is 0 Å². The minimum absolute atomic E-state index is 0.133. The predicted molar refractivity (Wildman–Crippen MR) is 110 cm³/mol. The summed E-state index contributed by atoms with van der Waals surface area (Å²) in [5, 5.41) is 3.44. The summed E-state index contributed by atoms with van der Waals surface area (Å²) in [6, 6.07) is 21.8. The Morgan fingerprint density at radius 3 is 2.34 bits per heavy atom. The maximum absolute atomic E-state index is 13.4. The maximum Gasteiger partial charge on any atom is 0.337 e. The Bertz CT molecular complexity index is 1060. The average molecular weight is 388 g/mol. The Kier molecular flexibility index (Phi) is 4.91. The molecule has 0 radical (unpaired) electrons. The van der Waals surface area contributed by atoms with Crippen LogP contribution in [0.15, 0.2) is 72.8 Å². The second-order valence-corrected chi connectivity index (χ2v) is 6.55. The number of carbonyl (C=O) groups excluding carboxylic acids is 2. The van der Waals surface area contributed by atoms with E-state index in [2.05, 4.69) is 5.32 Å². The normalized spacial score (nSPS) is 15.3. The van der Waals surface area contributed by atoms with Gasteiger partial charge in [0.15, 0.2) is 0 Å². The smallest absolute Gasteiger partial charge is 0.337 e. The van der Waals surface area contributed by atoms with E-state index in [1.165, 1.54) is 7.11 Å². The highest BCUT2D eigenvalue weighted by Crippen LogP contribution is 2.40. The second kappa shape index (κ2) is 7.67. The van der Waals surface area contributed by atoms with Crippen molar-refractivity contribution in [3.8, 4) is 5.75 Å². The molecule has 1 heterocycles. The van der Waals surface area contributed by atoms with Gasteiger partial charge in [0.05, 0.1) is 31.0 Å². The van der Waals surface area contributed by atoms with Crippen LogP contribution in [0, 0.1) is 0 Å². The topological polar surface area (TPSA) is 67.9 Å². The molecule has 3 aromatic carbocycles.